The van der Waals surface area contributed by atoms with Crippen LogP contribution in [0.3, 0.4) is 0 Å². The van der Waals surface area contributed by atoms with E-state index in [1.54, 1.807) is 0 Å². The largest absolute Gasteiger partial charge is 0.369 e. The number of nitrogen functional groups attached to an aromatic ring is 1. The zero-order valence-corrected chi connectivity index (χ0v) is 11.9. The summed E-state index contributed by atoms with van der Waals surface area (Å²) in [7, 11) is 0. The molecular weight excluding hydrogens is 266 g/mol. The molecule has 5 heteroatoms. The molecule has 18 heavy (non-hydrogen) atoms. The Bertz CT molecular complexity index is 584. The van der Waals surface area contributed by atoms with Gasteiger partial charge in [0.25, 0.3) is 0 Å². The second-order valence-corrected chi connectivity index (χ2v) is 6.59. The first-order chi connectivity index (χ1) is 8.65. The van der Waals surface area contributed by atoms with Gasteiger partial charge in [-0.3, -0.25) is 0 Å². The van der Waals surface area contributed by atoms with Gasteiger partial charge in [0.15, 0.2) is 0 Å². The summed E-state index contributed by atoms with van der Waals surface area (Å²) in [5.41, 5.74) is 7.90. The number of hydrogen-bond donors (Lipinski definition) is 1. The minimum atomic E-state index is 0.337. The lowest BCUT2D eigenvalue weighted by molar-refractivity contribution is 0.326. The van der Waals surface area contributed by atoms with Gasteiger partial charge in [-0.25, -0.2) is 4.98 Å². The fourth-order valence-electron chi connectivity index (χ4n) is 2.58. The van der Waals surface area contributed by atoms with Gasteiger partial charge >= 0.3 is 0 Å². The van der Waals surface area contributed by atoms with Gasteiger partial charge in [-0.1, -0.05) is 24.1 Å². The van der Waals surface area contributed by atoms with Crippen LogP contribution in [-0.2, 0) is 6.54 Å². The average molecular weight is 282 g/mol. The van der Waals surface area contributed by atoms with Crippen molar-refractivity contribution in [3.05, 3.63) is 23.2 Å². The van der Waals surface area contributed by atoms with E-state index < -0.39 is 0 Å². The van der Waals surface area contributed by atoms with Crippen LogP contribution < -0.4 is 5.73 Å². The molecule has 0 unspecified atom stereocenters. The summed E-state index contributed by atoms with van der Waals surface area (Å²) in [4.78, 5) is 4.39. The third-order valence-electron chi connectivity index (χ3n) is 3.90. The first-order valence-electron chi connectivity index (χ1n) is 6.11. The maximum Gasteiger partial charge on any atom is 0.201 e. The van der Waals surface area contributed by atoms with E-state index in [2.05, 4.69) is 15.8 Å². The lowest BCUT2D eigenvalue weighted by Crippen LogP contribution is -2.38. The quantitative estimate of drug-likeness (QED) is 0.935. The van der Waals surface area contributed by atoms with Crippen molar-refractivity contribution in [1.82, 2.24) is 9.55 Å². The van der Waals surface area contributed by atoms with Crippen molar-refractivity contribution in [1.29, 1.82) is 0 Å². The van der Waals surface area contributed by atoms with Crippen LogP contribution in [0, 0.1) is 0 Å². The number of nitrogens with zero attached hydrogens (tertiary/aromatic N) is 2. The zero-order valence-electron chi connectivity index (χ0n) is 10.3. The highest BCUT2D eigenvalue weighted by Crippen LogP contribution is 2.45. The molecule has 3 nitrogen and oxygen atoms in total. The second kappa shape index (κ2) is 4.35. The molecule has 2 N–H and O–H groups in total. The Hall–Kier alpha value is -0.870. The van der Waals surface area contributed by atoms with Gasteiger partial charge in [0.2, 0.25) is 5.95 Å². The Kier molecular flexibility index (Phi) is 2.94. The minimum absolute atomic E-state index is 0.337. The van der Waals surface area contributed by atoms with E-state index in [0.29, 0.717) is 15.7 Å². The first-order valence-corrected chi connectivity index (χ1v) is 7.71. The van der Waals surface area contributed by atoms with Crippen LogP contribution >= 0.6 is 23.4 Å². The monoisotopic (exact) mass is 281 g/mol. The number of anilines is 1. The van der Waals surface area contributed by atoms with Crippen molar-refractivity contribution in [2.45, 2.75) is 30.6 Å². The minimum Gasteiger partial charge on any atom is -0.369 e. The van der Waals surface area contributed by atoms with Crippen molar-refractivity contribution >= 4 is 40.3 Å². The highest BCUT2D eigenvalue weighted by Gasteiger charge is 2.37. The van der Waals surface area contributed by atoms with Crippen LogP contribution in [0.25, 0.3) is 11.0 Å². The van der Waals surface area contributed by atoms with E-state index in [0.717, 1.165) is 17.6 Å². The summed E-state index contributed by atoms with van der Waals surface area (Å²) in [6, 6.07) is 5.85. The second-order valence-electron chi connectivity index (χ2n) is 4.90. The molecule has 1 aliphatic carbocycles. The van der Waals surface area contributed by atoms with Crippen LogP contribution in [0.15, 0.2) is 18.2 Å². The Balaban J connectivity index is 2.06. The number of para-hydroxylation sites is 1. The lowest BCUT2D eigenvalue weighted by Gasteiger charge is -2.40. The van der Waals surface area contributed by atoms with Crippen LogP contribution in [0.4, 0.5) is 5.95 Å². The summed E-state index contributed by atoms with van der Waals surface area (Å²) in [6.07, 6.45) is 6.01. The summed E-state index contributed by atoms with van der Waals surface area (Å²) < 4.78 is 2.45. The molecule has 2 aromatic rings. The number of rotatable bonds is 3. The maximum atomic E-state index is 6.16. The number of aromatic nitrogens is 2. The fraction of sp³-hybridized carbons (Fsp3) is 0.462. The molecule has 0 radical (unpaired) electrons. The fourth-order valence-corrected chi connectivity index (χ4v) is 3.75. The summed E-state index contributed by atoms with van der Waals surface area (Å²) >= 11 is 8.10. The molecule has 0 atom stereocenters. The SMILES string of the molecule is CSC1(Cn2c(N)nc3c(Cl)cccc32)CCC1. The van der Waals surface area contributed by atoms with Crippen molar-refractivity contribution in [2.24, 2.45) is 0 Å². The molecule has 1 saturated carbocycles. The van der Waals surface area contributed by atoms with Gasteiger partial charge in [0.1, 0.15) is 5.52 Å². The van der Waals surface area contributed by atoms with E-state index in [4.69, 9.17) is 17.3 Å². The number of halogens is 1. The Labute approximate surface area is 116 Å². The number of hydrogen-bond acceptors (Lipinski definition) is 3. The highest BCUT2D eigenvalue weighted by atomic mass is 35.5. The molecule has 1 heterocycles. The van der Waals surface area contributed by atoms with Crippen molar-refractivity contribution < 1.29 is 0 Å². The van der Waals surface area contributed by atoms with Crippen LogP contribution in [0.2, 0.25) is 5.02 Å². The molecule has 3 rings (SSSR count). The van der Waals surface area contributed by atoms with Gasteiger partial charge < -0.3 is 10.3 Å². The van der Waals surface area contributed by atoms with Gasteiger partial charge in [-0.2, -0.15) is 11.8 Å². The first kappa shape index (κ1) is 12.2. The van der Waals surface area contributed by atoms with E-state index in [1.165, 1.54) is 19.3 Å². The van der Waals surface area contributed by atoms with Crippen molar-refractivity contribution in [3.63, 3.8) is 0 Å². The number of nitrogens with two attached hydrogens (primary N) is 1. The van der Waals surface area contributed by atoms with Crippen molar-refractivity contribution in [3.8, 4) is 0 Å². The normalized spacial score (nSPS) is 17.9. The lowest BCUT2D eigenvalue weighted by atomic mass is 9.84. The molecule has 0 saturated heterocycles. The van der Waals surface area contributed by atoms with E-state index in [1.807, 2.05) is 30.0 Å². The molecule has 0 amide bonds. The zero-order chi connectivity index (χ0) is 12.8. The summed E-state index contributed by atoms with van der Waals surface area (Å²) in [5, 5.41) is 0.671. The van der Waals surface area contributed by atoms with E-state index in [9.17, 15) is 0 Å². The highest BCUT2D eigenvalue weighted by molar-refractivity contribution is 8.00. The molecule has 1 aromatic carbocycles. The molecular formula is C13H16ClN3S. The van der Waals surface area contributed by atoms with Crippen LogP contribution in [0.1, 0.15) is 19.3 Å². The maximum absolute atomic E-state index is 6.16. The van der Waals surface area contributed by atoms with Crippen LogP contribution in [0.5, 0.6) is 0 Å². The molecule has 1 aliphatic rings. The standard InChI is InChI=1S/C13H16ClN3S/c1-18-13(6-3-7-13)8-17-10-5-2-4-9(14)11(10)16-12(17)15/h2,4-5H,3,6-8H2,1H3,(H2,15,16). The van der Waals surface area contributed by atoms with Gasteiger partial charge in [0.05, 0.1) is 10.5 Å². The molecule has 96 valence electrons. The van der Waals surface area contributed by atoms with Crippen LogP contribution in [-0.4, -0.2) is 20.6 Å². The van der Waals surface area contributed by atoms with E-state index >= 15 is 0 Å². The van der Waals surface area contributed by atoms with Gasteiger partial charge in [-0.15, -0.1) is 0 Å². The van der Waals surface area contributed by atoms with Gasteiger partial charge in [-0.05, 0) is 31.2 Å². The van der Waals surface area contributed by atoms with Gasteiger partial charge in [0, 0.05) is 11.3 Å². The Morgan fingerprint density at radius 3 is 2.89 bits per heavy atom. The Morgan fingerprint density at radius 1 is 1.50 bits per heavy atom. The van der Waals surface area contributed by atoms with E-state index in [-0.39, 0.29) is 0 Å². The third-order valence-corrected chi connectivity index (χ3v) is 5.61. The number of benzene rings is 1. The predicted molar refractivity (Wildman–Crippen MR) is 79.3 cm³/mol. The number of thioether (sulfide) groups is 1. The molecule has 0 bridgehead atoms. The topological polar surface area (TPSA) is 43.8 Å². The third kappa shape index (κ3) is 1.79. The average Bonchev–Trinajstić information content (AvgIpc) is 2.62. The molecule has 1 aromatic heterocycles. The molecule has 1 fully saturated rings. The smallest absolute Gasteiger partial charge is 0.201 e. The number of fused-ring (bicyclic) bond motifs is 1. The predicted octanol–water partition coefficient (Wildman–Crippen LogP) is 3.56. The van der Waals surface area contributed by atoms with Crippen molar-refractivity contribution in [2.75, 3.05) is 12.0 Å². The molecule has 0 aliphatic heterocycles. The Morgan fingerprint density at radius 2 is 2.28 bits per heavy atom. The number of imidazole rings is 1. The summed E-state index contributed by atoms with van der Waals surface area (Å²) in [6.45, 7) is 0.927. The summed E-state index contributed by atoms with van der Waals surface area (Å²) in [5.74, 6) is 0.568. The molecule has 0 spiro atoms.